The van der Waals surface area contributed by atoms with E-state index in [0.29, 0.717) is 12.5 Å². The van der Waals surface area contributed by atoms with Gasteiger partial charge in [-0.05, 0) is 19.4 Å². The van der Waals surface area contributed by atoms with Crippen molar-refractivity contribution in [3.63, 3.8) is 0 Å². The first-order valence-corrected chi connectivity index (χ1v) is 7.06. The van der Waals surface area contributed by atoms with Crippen LogP contribution in [0, 0.1) is 0 Å². The van der Waals surface area contributed by atoms with Crippen LogP contribution in [0.25, 0.3) is 0 Å². The Morgan fingerprint density at radius 2 is 2.59 bits per heavy atom. The number of amides is 1. The topological polar surface area (TPSA) is 54.0 Å². The molecule has 1 aliphatic heterocycles. The lowest BCUT2D eigenvalue weighted by atomic mass is 10.0. The number of nitrogens with one attached hydrogen (secondary N) is 2. The van der Waals surface area contributed by atoms with Crippen LogP contribution < -0.4 is 10.6 Å². The van der Waals surface area contributed by atoms with Gasteiger partial charge in [0.1, 0.15) is 0 Å². The van der Waals surface area contributed by atoms with Crippen LogP contribution in [0.1, 0.15) is 37.1 Å². The van der Waals surface area contributed by atoms with Crippen molar-refractivity contribution in [2.24, 2.45) is 0 Å². The SMILES string of the molecule is CC(CNC(=O)[C@@H]1CCCCN1)c1nccs1. The minimum atomic E-state index is 0.00671. The van der Waals surface area contributed by atoms with Gasteiger partial charge in [-0.25, -0.2) is 4.98 Å². The van der Waals surface area contributed by atoms with Crippen LogP contribution in [-0.4, -0.2) is 30.0 Å². The molecule has 0 spiro atoms. The van der Waals surface area contributed by atoms with E-state index in [9.17, 15) is 4.79 Å². The Morgan fingerprint density at radius 3 is 3.24 bits per heavy atom. The number of rotatable bonds is 4. The lowest BCUT2D eigenvalue weighted by Crippen LogP contribution is -2.47. The second-order valence-electron chi connectivity index (χ2n) is 4.52. The quantitative estimate of drug-likeness (QED) is 0.855. The molecule has 0 aromatic carbocycles. The number of hydrogen-bond donors (Lipinski definition) is 2. The van der Waals surface area contributed by atoms with Crippen molar-refractivity contribution in [1.82, 2.24) is 15.6 Å². The molecule has 2 rings (SSSR count). The summed E-state index contributed by atoms with van der Waals surface area (Å²) in [7, 11) is 0. The first-order valence-electron chi connectivity index (χ1n) is 6.18. The van der Waals surface area contributed by atoms with E-state index in [-0.39, 0.29) is 11.9 Å². The van der Waals surface area contributed by atoms with E-state index >= 15 is 0 Å². The average Bonchev–Trinajstić information content (AvgIpc) is 2.90. The lowest BCUT2D eigenvalue weighted by Gasteiger charge is -2.23. The van der Waals surface area contributed by atoms with Crippen LogP contribution in [0.3, 0.4) is 0 Å². The number of carbonyl (C=O) groups excluding carboxylic acids is 1. The maximum Gasteiger partial charge on any atom is 0.237 e. The highest BCUT2D eigenvalue weighted by Crippen LogP contribution is 2.16. The van der Waals surface area contributed by atoms with E-state index in [2.05, 4.69) is 22.5 Å². The van der Waals surface area contributed by atoms with E-state index < -0.39 is 0 Å². The van der Waals surface area contributed by atoms with Crippen molar-refractivity contribution < 1.29 is 4.79 Å². The second-order valence-corrected chi connectivity index (χ2v) is 5.45. The minimum Gasteiger partial charge on any atom is -0.354 e. The summed E-state index contributed by atoms with van der Waals surface area (Å²) in [6, 6.07) is 0.00671. The van der Waals surface area contributed by atoms with E-state index in [1.54, 1.807) is 17.5 Å². The van der Waals surface area contributed by atoms with Gasteiger partial charge < -0.3 is 10.6 Å². The van der Waals surface area contributed by atoms with Gasteiger partial charge in [-0.1, -0.05) is 13.3 Å². The van der Waals surface area contributed by atoms with Gasteiger partial charge in [0.2, 0.25) is 5.91 Å². The Labute approximate surface area is 106 Å². The highest BCUT2D eigenvalue weighted by molar-refractivity contribution is 7.09. The molecule has 17 heavy (non-hydrogen) atoms. The molecule has 0 saturated carbocycles. The van der Waals surface area contributed by atoms with Gasteiger partial charge >= 0.3 is 0 Å². The van der Waals surface area contributed by atoms with E-state index in [4.69, 9.17) is 0 Å². The van der Waals surface area contributed by atoms with Gasteiger partial charge in [0, 0.05) is 24.0 Å². The zero-order valence-electron chi connectivity index (χ0n) is 10.1. The molecule has 1 aromatic heterocycles. The van der Waals surface area contributed by atoms with Gasteiger partial charge in [-0.2, -0.15) is 0 Å². The van der Waals surface area contributed by atoms with Crippen LogP contribution in [0.4, 0.5) is 0 Å². The summed E-state index contributed by atoms with van der Waals surface area (Å²) in [5.74, 6) is 0.427. The van der Waals surface area contributed by atoms with Crippen LogP contribution in [-0.2, 0) is 4.79 Å². The third kappa shape index (κ3) is 3.51. The Morgan fingerprint density at radius 1 is 1.71 bits per heavy atom. The third-order valence-electron chi connectivity index (χ3n) is 3.08. The largest absolute Gasteiger partial charge is 0.354 e. The molecule has 1 amide bonds. The van der Waals surface area contributed by atoms with Crippen LogP contribution in [0.2, 0.25) is 0 Å². The monoisotopic (exact) mass is 253 g/mol. The number of aromatic nitrogens is 1. The van der Waals surface area contributed by atoms with Crippen molar-refractivity contribution in [2.75, 3.05) is 13.1 Å². The molecule has 1 unspecified atom stereocenters. The summed E-state index contributed by atoms with van der Waals surface area (Å²) in [6.45, 7) is 3.72. The van der Waals surface area contributed by atoms with Crippen molar-refractivity contribution in [3.8, 4) is 0 Å². The Kier molecular flexibility index (Phi) is 4.50. The number of hydrogen-bond acceptors (Lipinski definition) is 4. The second kappa shape index (κ2) is 6.12. The summed E-state index contributed by atoms with van der Waals surface area (Å²) in [4.78, 5) is 16.1. The fourth-order valence-electron chi connectivity index (χ4n) is 2.02. The molecule has 0 aliphatic carbocycles. The van der Waals surface area contributed by atoms with Crippen LogP contribution in [0.5, 0.6) is 0 Å². The summed E-state index contributed by atoms with van der Waals surface area (Å²) < 4.78 is 0. The molecule has 1 fully saturated rings. The van der Waals surface area contributed by atoms with E-state index in [1.165, 1.54) is 6.42 Å². The maximum absolute atomic E-state index is 11.9. The van der Waals surface area contributed by atoms with Gasteiger partial charge in [-0.3, -0.25) is 4.79 Å². The minimum absolute atomic E-state index is 0.00671. The summed E-state index contributed by atoms with van der Waals surface area (Å²) >= 11 is 1.64. The molecular formula is C12H19N3OS. The molecule has 5 heteroatoms. The van der Waals surface area contributed by atoms with Gasteiger partial charge in [0.25, 0.3) is 0 Å². The standard InChI is InChI=1S/C12H19N3OS/c1-9(12-14-6-7-17-12)8-15-11(16)10-4-2-3-5-13-10/h6-7,9-10,13H,2-5,8H2,1H3,(H,15,16)/t9?,10-/m0/s1. The molecule has 0 radical (unpaired) electrons. The third-order valence-corrected chi connectivity index (χ3v) is 4.09. The number of piperidine rings is 1. The average molecular weight is 253 g/mol. The molecule has 2 atom stereocenters. The number of carbonyl (C=O) groups is 1. The highest BCUT2D eigenvalue weighted by Gasteiger charge is 2.20. The first kappa shape index (κ1) is 12.5. The smallest absolute Gasteiger partial charge is 0.237 e. The Hall–Kier alpha value is -0.940. The molecule has 94 valence electrons. The van der Waals surface area contributed by atoms with Gasteiger partial charge in [0.05, 0.1) is 11.0 Å². The van der Waals surface area contributed by atoms with Crippen molar-refractivity contribution in [2.45, 2.75) is 38.1 Å². The summed E-state index contributed by atoms with van der Waals surface area (Å²) in [5.41, 5.74) is 0. The normalized spacial score (nSPS) is 22.1. The fraction of sp³-hybridized carbons (Fsp3) is 0.667. The molecule has 1 saturated heterocycles. The molecule has 2 N–H and O–H groups in total. The zero-order chi connectivity index (χ0) is 12.1. The number of nitrogens with zero attached hydrogens (tertiary/aromatic N) is 1. The Bertz CT molecular complexity index is 347. The first-order chi connectivity index (χ1) is 8.27. The fourth-order valence-corrected chi connectivity index (χ4v) is 2.72. The van der Waals surface area contributed by atoms with E-state index in [1.807, 2.05) is 5.38 Å². The zero-order valence-corrected chi connectivity index (χ0v) is 10.9. The summed E-state index contributed by atoms with van der Waals surface area (Å²) in [6.07, 6.45) is 5.09. The predicted octanol–water partition coefficient (Wildman–Crippen LogP) is 1.50. The Balaban J connectivity index is 1.75. The van der Waals surface area contributed by atoms with Gasteiger partial charge in [0.15, 0.2) is 0 Å². The lowest BCUT2D eigenvalue weighted by molar-refractivity contribution is -0.123. The molecular weight excluding hydrogens is 234 g/mol. The summed E-state index contributed by atoms with van der Waals surface area (Å²) in [5, 5.41) is 9.31. The highest BCUT2D eigenvalue weighted by atomic mass is 32.1. The van der Waals surface area contributed by atoms with Crippen LogP contribution in [0.15, 0.2) is 11.6 Å². The maximum atomic E-state index is 11.9. The van der Waals surface area contributed by atoms with Crippen LogP contribution >= 0.6 is 11.3 Å². The van der Waals surface area contributed by atoms with Crippen molar-refractivity contribution in [3.05, 3.63) is 16.6 Å². The molecule has 1 aromatic rings. The van der Waals surface area contributed by atoms with Crippen molar-refractivity contribution in [1.29, 1.82) is 0 Å². The predicted molar refractivity (Wildman–Crippen MR) is 69.2 cm³/mol. The number of thiazole rings is 1. The van der Waals surface area contributed by atoms with Gasteiger partial charge in [-0.15, -0.1) is 11.3 Å². The van der Waals surface area contributed by atoms with Crippen molar-refractivity contribution >= 4 is 17.2 Å². The molecule has 2 heterocycles. The molecule has 0 bridgehead atoms. The molecule has 1 aliphatic rings. The van der Waals surface area contributed by atoms with E-state index in [0.717, 1.165) is 24.4 Å². The molecule has 4 nitrogen and oxygen atoms in total.